The second-order valence-electron chi connectivity index (χ2n) is 6.10. The molecule has 1 fully saturated rings. The molecule has 1 heterocycles. The van der Waals surface area contributed by atoms with Crippen molar-refractivity contribution in [3.63, 3.8) is 0 Å². The van der Waals surface area contributed by atoms with Crippen molar-refractivity contribution in [2.75, 3.05) is 0 Å². The molecule has 1 aromatic rings. The van der Waals surface area contributed by atoms with Crippen molar-refractivity contribution >= 4 is 6.21 Å². The standard InChI is InChI=1S/C14H20N4/c1-9-16-17-10(2)18(9)15-8-11-5-6-12-7-13(11)14(12,3)4/h5,8,12-13H,6-7H2,1-4H3/b15-8+. The largest absolute Gasteiger partial charge is 0.202 e. The van der Waals surface area contributed by atoms with Crippen LogP contribution in [0.5, 0.6) is 0 Å². The molecule has 3 aliphatic rings. The van der Waals surface area contributed by atoms with E-state index in [4.69, 9.17) is 0 Å². The fraction of sp³-hybridized carbons (Fsp3) is 0.643. The molecule has 0 radical (unpaired) electrons. The summed E-state index contributed by atoms with van der Waals surface area (Å²) in [6.07, 6.45) is 6.88. The Hall–Kier alpha value is -1.45. The second-order valence-corrected chi connectivity index (χ2v) is 6.10. The smallest absolute Gasteiger partial charge is 0.151 e. The highest BCUT2D eigenvalue weighted by molar-refractivity contribution is 5.80. The molecule has 1 aromatic heterocycles. The van der Waals surface area contributed by atoms with E-state index in [2.05, 4.69) is 35.2 Å². The number of hydrogen-bond donors (Lipinski definition) is 0. The molecule has 2 unspecified atom stereocenters. The molecule has 1 saturated carbocycles. The van der Waals surface area contributed by atoms with E-state index in [0.717, 1.165) is 17.6 Å². The van der Waals surface area contributed by atoms with Gasteiger partial charge >= 0.3 is 0 Å². The molecule has 2 atom stereocenters. The van der Waals surface area contributed by atoms with E-state index in [-0.39, 0.29) is 0 Å². The van der Waals surface area contributed by atoms with E-state index < -0.39 is 0 Å². The van der Waals surface area contributed by atoms with Crippen LogP contribution in [0, 0.1) is 31.1 Å². The van der Waals surface area contributed by atoms with Crippen LogP contribution in [0.3, 0.4) is 0 Å². The monoisotopic (exact) mass is 244 g/mol. The molecule has 0 saturated heterocycles. The van der Waals surface area contributed by atoms with Crippen molar-refractivity contribution < 1.29 is 0 Å². The molecule has 3 aliphatic carbocycles. The van der Waals surface area contributed by atoms with Crippen LogP contribution in [0.1, 0.15) is 38.3 Å². The first-order chi connectivity index (χ1) is 8.50. The van der Waals surface area contributed by atoms with Crippen molar-refractivity contribution in [1.29, 1.82) is 0 Å². The second kappa shape index (κ2) is 3.77. The highest BCUT2D eigenvalue weighted by Crippen LogP contribution is 2.58. The van der Waals surface area contributed by atoms with E-state index in [0.29, 0.717) is 11.3 Å². The normalized spacial score (nSPS) is 29.2. The van der Waals surface area contributed by atoms with Crippen LogP contribution in [0.15, 0.2) is 16.8 Å². The van der Waals surface area contributed by atoms with E-state index in [1.54, 1.807) is 4.68 Å². The van der Waals surface area contributed by atoms with Gasteiger partial charge in [0, 0.05) is 0 Å². The first kappa shape index (κ1) is 11.6. The van der Waals surface area contributed by atoms with Gasteiger partial charge in [-0.3, -0.25) is 0 Å². The number of nitrogens with zero attached hydrogens (tertiary/aromatic N) is 4. The molecular weight excluding hydrogens is 224 g/mol. The molecule has 4 heteroatoms. The minimum Gasteiger partial charge on any atom is -0.202 e. The summed E-state index contributed by atoms with van der Waals surface area (Å²) in [5.74, 6) is 3.23. The minimum absolute atomic E-state index is 0.452. The molecule has 2 bridgehead atoms. The topological polar surface area (TPSA) is 43.1 Å². The van der Waals surface area contributed by atoms with Crippen LogP contribution >= 0.6 is 0 Å². The van der Waals surface area contributed by atoms with E-state index in [9.17, 15) is 0 Å². The number of aromatic nitrogens is 3. The maximum atomic E-state index is 4.53. The summed E-state index contributed by atoms with van der Waals surface area (Å²) >= 11 is 0. The maximum absolute atomic E-state index is 4.53. The molecule has 0 spiro atoms. The zero-order chi connectivity index (χ0) is 12.9. The van der Waals surface area contributed by atoms with Gasteiger partial charge in [-0.15, -0.1) is 10.2 Å². The third-order valence-corrected chi connectivity index (χ3v) is 4.79. The Labute approximate surface area is 108 Å². The summed E-state index contributed by atoms with van der Waals surface area (Å²) in [6.45, 7) is 8.61. The number of rotatable bonds is 2. The van der Waals surface area contributed by atoms with Gasteiger partial charge in [-0.2, -0.15) is 5.10 Å². The molecule has 4 nitrogen and oxygen atoms in total. The van der Waals surface area contributed by atoms with Gasteiger partial charge in [0.15, 0.2) is 11.6 Å². The van der Waals surface area contributed by atoms with Crippen LogP contribution in [0.25, 0.3) is 0 Å². The molecular formula is C14H20N4. The first-order valence-corrected chi connectivity index (χ1v) is 6.63. The van der Waals surface area contributed by atoms with Gasteiger partial charge in [0.1, 0.15) is 0 Å². The predicted molar refractivity (Wildman–Crippen MR) is 71.5 cm³/mol. The summed E-state index contributed by atoms with van der Waals surface area (Å²) < 4.78 is 1.80. The fourth-order valence-corrected chi connectivity index (χ4v) is 3.30. The van der Waals surface area contributed by atoms with Gasteiger partial charge in [0.25, 0.3) is 0 Å². The molecule has 4 rings (SSSR count). The van der Waals surface area contributed by atoms with Crippen molar-refractivity contribution in [1.82, 2.24) is 14.9 Å². The summed E-state index contributed by atoms with van der Waals surface area (Å²) in [6, 6.07) is 0. The number of fused-ring (bicyclic) bond motifs is 1. The third kappa shape index (κ3) is 1.55. The van der Waals surface area contributed by atoms with Crippen LogP contribution in [0.4, 0.5) is 0 Å². The van der Waals surface area contributed by atoms with Crippen LogP contribution in [0.2, 0.25) is 0 Å². The lowest BCUT2D eigenvalue weighted by molar-refractivity contribution is -0.00127. The van der Waals surface area contributed by atoms with E-state index in [1.807, 2.05) is 20.1 Å². The zero-order valence-corrected chi connectivity index (χ0v) is 11.5. The fourth-order valence-electron chi connectivity index (χ4n) is 3.30. The maximum Gasteiger partial charge on any atom is 0.151 e. The van der Waals surface area contributed by atoms with Crippen LogP contribution in [-0.2, 0) is 0 Å². The minimum atomic E-state index is 0.452. The Morgan fingerprint density at radius 2 is 2.00 bits per heavy atom. The van der Waals surface area contributed by atoms with E-state index >= 15 is 0 Å². The van der Waals surface area contributed by atoms with Crippen LogP contribution in [-0.4, -0.2) is 21.1 Å². The van der Waals surface area contributed by atoms with Gasteiger partial charge < -0.3 is 0 Å². The van der Waals surface area contributed by atoms with E-state index in [1.165, 1.54) is 18.4 Å². The SMILES string of the molecule is Cc1nnc(C)n1/N=C/C1=CCC2CC1C2(C)C. The van der Waals surface area contributed by atoms with Crippen LogP contribution < -0.4 is 0 Å². The number of aryl methyl sites for hydroxylation is 2. The lowest BCUT2D eigenvalue weighted by atomic mass is 9.49. The van der Waals surface area contributed by atoms with Gasteiger partial charge in [-0.1, -0.05) is 19.9 Å². The van der Waals surface area contributed by atoms with Gasteiger partial charge in [-0.25, -0.2) is 4.68 Å². The third-order valence-electron chi connectivity index (χ3n) is 4.79. The highest BCUT2D eigenvalue weighted by atomic mass is 15.4. The molecule has 96 valence electrons. The summed E-state index contributed by atoms with van der Waals surface area (Å²) in [4.78, 5) is 0. The average molecular weight is 244 g/mol. The number of allylic oxidation sites excluding steroid dienone is 2. The van der Waals surface area contributed by atoms with Crippen molar-refractivity contribution in [2.24, 2.45) is 22.4 Å². The Balaban J connectivity index is 1.84. The number of hydrogen-bond acceptors (Lipinski definition) is 3. The lowest BCUT2D eigenvalue weighted by Gasteiger charge is -2.55. The van der Waals surface area contributed by atoms with Crippen molar-refractivity contribution in [3.05, 3.63) is 23.3 Å². The summed E-state index contributed by atoms with van der Waals surface area (Å²) in [5, 5.41) is 12.6. The molecule has 0 amide bonds. The van der Waals surface area contributed by atoms with Gasteiger partial charge in [0.2, 0.25) is 0 Å². The summed E-state index contributed by atoms with van der Waals surface area (Å²) in [7, 11) is 0. The van der Waals surface area contributed by atoms with Gasteiger partial charge in [0.05, 0.1) is 6.21 Å². The quantitative estimate of drug-likeness (QED) is 0.751. The summed E-state index contributed by atoms with van der Waals surface area (Å²) in [5.41, 5.74) is 1.84. The first-order valence-electron chi connectivity index (χ1n) is 6.63. The highest BCUT2D eigenvalue weighted by Gasteiger charge is 2.50. The van der Waals surface area contributed by atoms with Crippen molar-refractivity contribution in [2.45, 2.75) is 40.5 Å². The molecule has 18 heavy (non-hydrogen) atoms. The molecule has 0 aliphatic heterocycles. The molecule has 0 N–H and O–H groups in total. The lowest BCUT2D eigenvalue weighted by Crippen LogP contribution is -2.48. The van der Waals surface area contributed by atoms with Crippen molar-refractivity contribution in [3.8, 4) is 0 Å². The average Bonchev–Trinajstić information content (AvgIpc) is 2.66. The Bertz CT molecular complexity index is 516. The Morgan fingerprint density at radius 3 is 2.56 bits per heavy atom. The Morgan fingerprint density at radius 1 is 1.33 bits per heavy atom. The predicted octanol–water partition coefficient (Wildman–Crippen LogP) is 2.72. The zero-order valence-electron chi connectivity index (χ0n) is 11.5. The Kier molecular flexibility index (Phi) is 2.44. The molecule has 0 aromatic carbocycles. The van der Waals surface area contributed by atoms with Gasteiger partial charge in [-0.05, 0) is 49.5 Å².